The first kappa shape index (κ1) is 18.1. The van der Waals surface area contributed by atoms with Crippen LogP contribution < -0.4 is 10.1 Å². The predicted octanol–water partition coefficient (Wildman–Crippen LogP) is 3.34. The molecule has 0 fully saturated rings. The average Bonchev–Trinajstić information content (AvgIpc) is 3.27. The molecule has 0 bridgehead atoms. The maximum absolute atomic E-state index is 12.3. The molecule has 10 heteroatoms. The fourth-order valence-electron chi connectivity index (χ4n) is 1.85. The maximum atomic E-state index is 12.3. The molecule has 2 aromatic heterocycles. The smallest absolute Gasteiger partial charge is 0.257 e. The number of thioether (sulfide) groups is 1. The van der Waals surface area contributed by atoms with Gasteiger partial charge in [0.2, 0.25) is 5.13 Å². The first-order valence-corrected chi connectivity index (χ1v) is 9.35. The molecule has 0 aliphatic carbocycles. The Balaban J connectivity index is 1.55. The van der Waals surface area contributed by atoms with Gasteiger partial charge in [-0.1, -0.05) is 39.5 Å². The molecule has 134 valence electrons. The number of carbonyl (C=O) groups excluding carboxylic acids is 1. The number of hydrogen-bond acceptors (Lipinski definition) is 9. The Morgan fingerprint density at radius 2 is 2.15 bits per heavy atom. The van der Waals surface area contributed by atoms with E-state index in [4.69, 9.17) is 4.74 Å². The molecule has 3 rings (SSSR count). The molecule has 0 atom stereocenters. The van der Waals surface area contributed by atoms with E-state index in [0.717, 1.165) is 10.1 Å². The minimum Gasteiger partial charge on any atom is -0.487 e. The van der Waals surface area contributed by atoms with Crippen LogP contribution in [0.25, 0.3) is 0 Å². The average molecular weight is 389 g/mol. The van der Waals surface area contributed by atoms with Crippen molar-refractivity contribution in [1.82, 2.24) is 20.5 Å². The molecule has 0 radical (unpaired) electrons. The van der Waals surface area contributed by atoms with Crippen molar-refractivity contribution in [3.8, 4) is 5.75 Å². The minimum atomic E-state index is -0.260. The summed E-state index contributed by atoms with van der Waals surface area (Å²) >= 11 is 2.84. The molecule has 1 amide bonds. The Morgan fingerprint density at radius 3 is 2.85 bits per heavy atom. The Morgan fingerprint density at radius 1 is 1.35 bits per heavy atom. The second-order valence-corrected chi connectivity index (χ2v) is 7.28. The van der Waals surface area contributed by atoms with Gasteiger partial charge in [-0.2, -0.15) is 0 Å². The third kappa shape index (κ3) is 4.67. The lowest BCUT2D eigenvalue weighted by atomic mass is 10.2. The van der Waals surface area contributed by atoms with Crippen molar-refractivity contribution in [2.24, 2.45) is 0 Å². The van der Waals surface area contributed by atoms with Crippen LogP contribution in [0.15, 0.2) is 45.9 Å². The first-order chi connectivity index (χ1) is 12.7. The van der Waals surface area contributed by atoms with E-state index in [1.54, 1.807) is 37.3 Å². The third-order valence-electron chi connectivity index (χ3n) is 3.19. The Kier molecular flexibility index (Phi) is 5.97. The summed E-state index contributed by atoms with van der Waals surface area (Å²) in [6.07, 6.45) is 1.79. The minimum absolute atomic E-state index is 0.247. The summed E-state index contributed by atoms with van der Waals surface area (Å²) in [5.41, 5.74) is 1.81. The molecule has 2 heterocycles. The predicted molar refractivity (Wildman–Crippen MR) is 98.6 cm³/mol. The number of rotatable bonds is 8. The molecule has 0 spiro atoms. The van der Waals surface area contributed by atoms with Gasteiger partial charge in [0, 0.05) is 11.3 Å². The lowest BCUT2D eigenvalue weighted by molar-refractivity contribution is 0.102. The summed E-state index contributed by atoms with van der Waals surface area (Å²) in [4.78, 5) is 12.3. The molecular formula is C16H15N5O3S2. The second kappa shape index (κ2) is 8.59. The summed E-state index contributed by atoms with van der Waals surface area (Å²) in [7, 11) is 0. The van der Waals surface area contributed by atoms with E-state index >= 15 is 0 Å². The van der Waals surface area contributed by atoms with Crippen molar-refractivity contribution >= 4 is 34.1 Å². The van der Waals surface area contributed by atoms with Crippen LogP contribution in [0.3, 0.4) is 0 Å². The Bertz CT molecular complexity index is 891. The topological polar surface area (TPSA) is 103 Å². The van der Waals surface area contributed by atoms with Gasteiger partial charge in [0.15, 0.2) is 4.34 Å². The van der Waals surface area contributed by atoms with E-state index in [1.807, 2.05) is 0 Å². The molecule has 1 N–H and O–H groups in total. The summed E-state index contributed by atoms with van der Waals surface area (Å²) in [5, 5.41) is 18.6. The molecule has 0 aliphatic heterocycles. The van der Waals surface area contributed by atoms with E-state index in [9.17, 15) is 4.79 Å². The van der Waals surface area contributed by atoms with Crippen molar-refractivity contribution in [2.75, 3.05) is 11.1 Å². The van der Waals surface area contributed by atoms with Gasteiger partial charge in [0.25, 0.3) is 5.91 Å². The second-order valence-electron chi connectivity index (χ2n) is 5.04. The van der Waals surface area contributed by atoms with Gasteiger partial charge in [0.05, 0.1) is 0 Å². The number of hydrogen-bond donors (Lipinski definition) is 1. The molecule has 0 unspecified atom stereocenters. The number of aryl methyl sites for hydroxylation is 1. The summed E-state index contributed by atoms with van der Waals surface area (Å²) in [6.45, 7) is 5.69. The third-order valence-corrected chi connectivity index (χ3v) is 5.16. The highest BCUT2D eigenvalue weighted by Gasteiger charge is 2.11. The number of nitrogens with one attached hydrogen (secondary N) is 1. The molecule has 1 aromatic carbocycles. The number of amides is 1. The fourth-order valence-corrected chi connectivity index (χ4v) is 3.36. The normalized spacial score (nSPS) is 10.5. The van der Waals surface area contributed by atoms with Crippen molar-refractivity contribution < 1.29 is 14.2 Å². The van der Waals surface area contributed by atoms with Gasteiger partial charge < -0.3 is 4.74 Å². The van der Waals surface area contributed by atoms with Gasteiger partial charge in [-0.15, -0.1) is 16.8 Å². The van der Waals surface area contributed by atoms with Crippen LogP contribution in [0.5, 0.6) is 5.75 Å². The standard InChI is InChI=1S/C16H15N5O3S2/c1-3-8-25-16-19-18-15(26-16)17-14(22)11-4-6-12(7-5-11)23-9-13-10(2)20-24-21-13/h3-7H,1,8-9H2,2H3,(H,17,18,22). The number of nitrogens with zero attached hydrogens (tertiary/aromatic N) is 4. The molecule has 0 saturated carbocycles. The summed E-state index contributed by atoms with van der Waals surface area (Å²) in [6, 6.07) is 6.77. The highest BCUT2D eigenvalue weighted by atomic mass is 32.2. The van der Waals surface area contributed by atoms with E-state index in [1.165, 1.54) is 23.1 Å². The lowest BCUT2D eigenvalue weighted by Gasteiger charge is -2.05. The summed E-state index contributed by atoms with van der Waals surface area (Å²) < 4.78 is 11.0. The highest BCUT2D eigenvalue weighted by molar-refractivity contribution is 8.01. The van der Waals surface area contributed by atoms with Crippen molar-refractivity contribution in [3.05, 3.63) is 53.9 Å². The van der Waals surface area contributed by atoms with E-state index in [2.05, 4.69) is 37.0 Å². The molecule has 3 aromatic rings. The fraction of sp³-hybridized carbons (Fsp3) is 0.188. The molecule has 0 saturated heterocycles. The van der Waals surface area contributed by atoms with Crippen LogP contribution in [0.4, 0.5) is 5.13 Å². The van der Waals surface area contributed by atoms with Crippen molar-refractivity contribution in [2.45, 2.75) is 17.9 Å². The van der Waals surface area contributed by atoms with E-state index < -0.39 is 0 Å². The Hall–Kier alpha value is -2.72. The Labute approximate surface area is 157 Å². The monoisotopic (exact) mass is 389 g/mol. The SMILES string of the molecule is C=CCSc1nnc(NC(=O)c2ccc(OCc3nonc3C)cc2)s1. The van der Waals surface area contributed by atoms with Gasteiger partial charge in [-0.05, 0) is 31.2 Å². The van der Waals surface area contributed by atoms with E-state index in [0.29, 0.717) is 27.8 Å². The van der Waals surface area contributed by atoms with Crippen LogP contribution in [0, 0.1) is 6.92 Å². The number of anilines is 1. The van der Waals surface area contributed by atoms with Crippen molar-refractivity contribution in [1.29, 1.82) is 0 Å². The maximum Gasteiger partial charge on any atom is 0.257 e. The molecular weight excluding hydrogens is 374 g/mol. The van der Waals surface area contributed by atoms with Crippen LogP contribution in [-0.2, 0) is 6.61 Å². The van der Waals surface area contributed by atoms with Crippen LogP contribution in [0.1, 0.15) is 21.7 Å². The quantitative estimate of drug-likeness (QED) is 0.355. The lowest BCUT2D eigenvalue weighted by Crippen LogP contribution is -2.11. The van der Waals surface area contributed by atoms with Crippen LogP contribution in [-0.4, -0.2) is 32.2 Å². The van der Waals surface area contributed by atoms with E-state index in [-0.39, 0.29) is 12.5 Å². The molecule has 8 nitrogen and oxygen atoms in total. The zero-order valence-corrected chi connectivity index (χ0v) is 15.5. The van der Waals surface area contributed by atoms with Gasteiger partial charge in [0.1, 0.15) is 23.7 Å². The summed E-state index contributed by atoms with van der Waals surface area (Å²) in [5.74, 6) is 1.10. The van der Waals surface area contributed by atoms with Crippen LogP contribution >= 0.6 is 23.1 Å². The highest BCUT2D eigenvalue weighted by Crippen LogP contribution is 2.25. The first-order valence-electron chi connectivity index (χ1n) is 7.55. The van der Waals surface area contributed by atoms with Gasteiger partial charge in [-0.3, -0.25) is 10.1 Å². The van der Waals surface area contributed by atoms with Crippen molar-refractivity contribution in [3.63, 3.8) is 0 Å². The largest absolute Gasteiger partial charge is 0.487 e. The number of aromatic nitrogens is 4. The zero-order valence-electron chi connectivity index (χ0n) is 13.8. The number of carbonyl (C=O) groups is 1. The molecule has 0 aliphatic rings. The number of benzene rings is 1. The van der Waals surface area contributed by atoms with Gasteiger partial charge in [-0.25, -0.2) is 4.63 Å². The number of ether oxygens (including phenoxy) is 1. The zero-order chi connectivity index (χ0) is 18.4. The van der Waals surface area contributed by atoms with Gasteiger partial charge >= 0.3 is 0 Å². The van der Waals surface area contributed by atoms with Crippen LogP contribution in [0.2, 0.25) is 0 Å². The molecule has 26 heavy (non-hydrogen) atoms.